The standard InChI is InChI=1S/C22H32F4O5/c1-3-4-11-21(2,22(24,25)26)17(28)10-9-13-14(27)12-16-19(13)20(23)15(31-16)7-5-6-8-18(29)30/h5,7,9-10,13-17,19-20,27-28H,3-4,6,8,11-12H2,1-2H3,(H,29,30)/b7-5+,10-9+/t13-,14+,15+,16+,17+,19+,20?,21?/m0/s1. The molecule has 1 aliphatic heterocycles. The van der Waals surface area contributed by atoms with E-state index >= 15 is 0 Å². The van der Waals surface area contributed by atoms with Crippen LogP contribution in [0.5, 0.6) is 0 Å². The van der Waals surface area contributed by atoms with Gasteiger partial charge in [0.15, 0.2) is 0 Å². The molecule has 8 atom stereocenters. The fraction of sp³-hybridized carbons (Fsp3) is 0.773. The van der Waals surface area contributed by atoms with Crippen molar-refractivity contribution < 1.29 is 42.4 Å². The number of hydrogen-bond donors (Lipinski definition) is 3. The molecular weight excluding hydrogens is 420 g/mol. The highest BCUT2D eigenvalue weighted by molar-refractivity contribution is 5.66. The minimum Gasteiger partial charge on any atom is -0.481 e. The van der Waals surface area contributed by atoms with Gasteiger partial charge in [0.05, 0.1) is 23.7 Å². The van der Waals surface area contributed by atoms with Crippen LogP contribution >= 0.6 is 0 Å². The summed E-state index contributed by atoms with van der Waals surface area (Å²) in [5.74, 6) is -2.50. The van der Waals surface area contributed by atoms with Crippen molar-refractivity contribution in [3.8, 4) is 0 Å². The van der Waals surface area contributed by atoms with Gasteiger partial charge in [-0.1, -0.05) is 44.1 Å². The van der Waals surface area contributed by atoms with Crippen molar-refractivity contribution in [3.63, 3.8) is 0 Å². The highest BCUT2D eigenvalue weighted by Gasteiger charge is 2.56. The first kappa shape index (κ1) is 25.8. The van der Waals surface area contributed by atoms with Gasteiger partial charge in [-0.25, -0.2) is 4.39 Å². The predicted molar refractivity (Wildman–Crippen MR) is 106 cm³/mol. The van der Waals surface area contributed by atoms with Gasteiger partial charge in [0.2, 0.25) is 0 Å². The zero-order valence-electron chi connectivity index (χ0n) is 17.8. The van der Waals surface area contributed by atoms with Gasteiger partial charge in [-0.2, -0.15) is 13.2 Å². The first-order chi connectivity index (χ1) is 14.4. The van der Waals surface area contributed by atoms with Crippen molar-refractivity contribution in [2.45, 2.75) is 89.1 Å². The van der Waals surface area contributed by atoms with Crippen LogP contribution in [0.15, 0.2) is 24.3 Å². The van der Waals surface area contributed by atoms with Gasteiger partial charge in [-0.15, -0.1) is 0 Å². The molecule has 2 aliphatic rings. The lowest BCUT2D eigenvalue weighted by Gasteiger charge is -2.35. The smallest absolute Gasteiger partial charge is 0.397 e. The second-order valence-electron chi connectivity index (χ2n) is 8.75. The van der Waals surface area contributed by atoms with Gasteiger partial charge >= 0.3 is 12.1 Å². The quantitative estimate of drug-likeness (QED) is 0.342. The van der Waals surface area contributed by atoms with Gasteiger partial charge in [-0.05, 0) is 19.8 Å². The van der Waals surface area contributed by atoms with E-state index in [4.69, 9.17) is 9.84 Å². The van der Waals surface area contributed by atoms with Crippen LogP contribution in [0, 0.1) is 17.3 Å². The third-order valence-electron chi connectivity index (χ3n) is 6.52. The monoisotopic (exact) mass is 452 g/mol. The Bertz CT molecular complexity index is 665. The van der Waals surface area contributed by atoms with Crippen molar-refractivity contribution in [1.29, 1.82) is 0 Å². The number of allylic oxidation sites excluding steroid dienone is 1. The molecule has 1 heterocycles. The molecule has 9 heteroatoms. The Morgan fingerprint density at radius 1 is 1.29 bits per heavy atom. The number of ether oxygens (including phenoxy) is 1. The zero-order chi connectivity index (χ0) is 23.4. The summed E-state index contributed by atoms with van der Waals surface area (Å²) < 4.78 is 61.5. The molecule has 0 aromatic heterocycles. The van der Waals surface area contributed by atoms with Gasteiger partial charge in [0.1, 0.15) is 12.3 Å². The first-order valence-electron chi connectivity index (χ1n) is 10.7. The lowest BCUT2D eigenvalue weighted by atomic mass is 9.77. The lowest BCUT2D eigenvalue weighted by Crippen LogP contribution is -2.44. The Morgan fingerprint density at radius 3 is 2.55 bits per heavy atom. The Kier molecular flexibility index (Phi) is 8.69. The molecule has 1 saturated heterocycles. The van der Waals surface area contributed by atoms with Crippen LogP contribution in [-0.2, 0) is 9.53 Å². The second-order valence-corrected chi connectivity index (χ2v) is 8.75. The first-order valence-corrected chi connectivity index (χ1v) is 10.7. The number of carboxylic acid groups (broad SMARTS) is 1. The number of fused-ring (bicyclic) bond motifs is 1. The second kappa shape index (κ2) is 10.4. The number of rotatable bonds is 10. The number of aliphatic hydroxyl groups is 2. The molecule has 31 heavy (non-hydrogen) atoms. The van der Waals surface area contributed by atoms with E-state index in [0.29, 0.717) is 12.8 Å². The average Bonchev–Trinajstić information content (AvgIpc) is 3.14. The number of carboxylic acids is 1. The average molecular weight is 452 g/mol. The normalized spacial score (nSPS) is 34.3. The van der Waals surface area contributed by atoms with Crippen LogP contribution in [0.3, 0.4) is 0 Å². The summed E-state index contributed by atoms with van der Waals surface area (Å²) in [6.45, 7) is 2.74. The molecule has 0 aromatic carbocycles. The fourth-order valence-corrected chi connectivity index (χ4v) is 4.41. The summed E-state index contributed by atoms with van der Waals surface area (Å²) in [6, 6.07) is 0. The van der Waals surface area contributed by atoms with Crippen LogP contribution in [-0.4, -0.2) is 58.1 Å². The van der Waals surface area contributed by atoms with Crippen LogP contribution in [0.25, 0.3) is 0 Å². The maximum absolute atomic E-state index is 15.0. The van der Waals surface area contributed by atoms with Crippen LogP contribution < -0.4 is 0 Å². The summed E-state index contributed by atoms with van der Waals surface area (Å²) in [7, 11) is 0. The molecule has 0 bridgehead atoms. The SMILES string of the molecule is CCCCC(C)([C@H](O)/C=C/[C@@H]1[C@H]2C(F)[C@@H](/C=C/CCC(=O)O)O[C@@H]2C[C@H]1O)C(F)(F)F. The third kappa shape index (κ3) is 5.87. The summed E-state index contributed by atoms with van der Waals surface area (Å²) in [5.41, 5.74) is -2.33. The van der Waals surface area contributed by atoms with Gasteiger partial charge in [0.25, 0.3) is 0 Å². The van der Waals surface area contributed by atoms with E-state index in [1.54, 1.807) is 6.92 Å². The highest BCUT2D eigenvalue weighted by Crippen LogP contribution is 2.48. The molecule has 2 unspecified atom stereocenters. The largest absolute Gasteiger partial charge is 0.481 e. The van der Waals surface area contributed by atoms with E-state index in [1.165, 1.54) is 18.2 Å². The third-order valence-corrected chi connectivity index (χ3v) is 6.52. The Morgan fingerprint density at radius 2 is 1.97 bits per heavy atom. The molecule has 5 nitrogen and oxygen atoms in total. The maximum Gasteiger partial charge on any atom is 0.397 e. The van der Waals surface area contributed by atoms with Gasteiger partial charge < -0.3 is 20.1 Å². The van der Waals surface area contributed by atoms with Crippen molar-refractivity contribution in [1.82, 2.24) is 0 Å². The highest BCUT2D eigenvalue weighted by atomic mass is 19.4. The number of unbranched alkanes of at least 4 members (excludes halogenated alkanes) is 1. The Labute approximate surface area is 179 Å². The molecule has 178 valence electrons. The molecule has 2 fully saturated rings. The van der Waals surface area contributed by atoms with Gasteiger partial charge in [0, 0.05) is 24.7 Å². The summed E-state index contributed by atoms with van der Waals surface area (Å²) >= 11 is 0. The van der Waals surface area contributed by atoms with Crippen LogP contribution in [0.1, 0.15) is 52.4 Å². The zero-order valence-corrected chi connectivity index (χ0v) is 17.8. The van der Waals surface area contributed by atoms with E-state index in [1.807, 2.05) is 0 Å². The molecule has 3 N–H and O–H groups in total. The van der Waals surface area contributed by atoms with E-state index in [9.17, 15) is 32.6 Å². The molecule has 1 aliphatic carbocycles. The topological polar surface area (TPSA) is 87.0 Å². The number of carbonyl (C=O) groups is 1. The maximum atomic E-state index is 15.0. The van der Waals surface area contributed by atoms with Crippen LogP contribution in [0.2, 0.25) is 0 Å². The summed E-state index contributed by atoms with van der Waals surface area (Å²) in [6.07, 6.45) is -4.22. The molecule has 0 radical (unpaired) electrons. The van der Waals surface area contributed by atoms with E-state index in [-0.39, 0.29) is 25.7 Å². The van der Waals surface area contributed by atoms with Crippen molar-refractivity contribution >= 4 is 5.97 Å². The molecule has 0 aromatic rings. The lowest BCUT2D eigenvalue weighted by molar-refractivity contribution is -0.244. The van der Waals surface area contributed by atoms with E-state index < -0.39 is 60.0 Å². The minimum atomic E-state index is -4.62. The minimum absolute atomic E-state index is 0.0923. The fourth-order valence-electron chi connectivity index (χ4n) is 4.41. The Hall–Kier alpha value is -1.45. The van der Waals surface area contributed by atoms with E-state index in [2.05, 4.69) is 0 Å². The van der Waals surface area contributed by atoms with Gasteiger partial charge in [-0.3, -0.25) is 4.79 Å². The van der Waals surface area contributed by atoms with E-state index in [0.717, 1.165) is 13.0 Å². The summed E-state index contributed by atoms with van der Waals surface area (Å²) in [4.78, 5) is 10.6. The summed E-state index contributed by atoms with van der Waals surface area (Å²) in [5, 5.41) is 29.3. The number of aliphatic hydroxyl groups excluding tert-OH is 2. The number of halogens is 4. The molecule has 2 rings (SSSR count). The van der Waals surface area contributed by atoms with Crippen LogP contribution in [0.4, 0.5) is 17.6 Å². The van der Waals surface area contributed by atoms with Crippen molar-refractivity contribution in [2.75, 3.05) is 0 Å². The molecule has 0 spiro atoms. The molecule has 0 amide bonds. The van der Waals surface area contributed by atoms with Crippen molar-refractivity contribution in [2.24, 2.45) is 17.3 Å². The Balaban J connectivity index is 2.10. The molecular formula is C22H32F4O5. The van der Waals surface area contributed by atoms with Crippen molar-refractivity contribution in [3.05, 3.63) is 24.3 Å². The number of hydrogen-bond acceptors (Lipinski definition) is 4. The molecule has 1 saturated carbocycles. The predicted octanol–water partition coefficient (Wildman–Crippen LogP) is 4.19. The number of aliphatic carboxylic acids is 1. The number of alkyl halides is 4.